The van der Waals surface area contributed by atoms with Crippen LogP contribution >= 0.6 is 11.3 Å². The molecule has 78 valence electrons. The fraction of sp³-hybridized carbons (Fsp3) is 0.700. The maximum atomic E-state index is 5.74. The predicted octanol–water partition coefficient (Wildman–Crippen LogP) is 1.69. The Balaban J connectivity index is 2.21. The van der Waals surface area contributed by atoms with E-state index in [0.29, 0.717) is 6.04 Å². The Morgan fingerprint density at radius 3 is 2.93 bits per heavy atom. The molecule has 2 heterocycles. The van der Waals surface area contributed by atoms with Crippen molar-refractivity contribution in [3.8, 4) is 0 Å². The lowest BCUT2D eigenvalue weighted by Crippen LogP contribution is -2.35. The summed E-state index contributed by atoms with van der Waals surface area (Å²) < 4.78 is 0. The van der Waals surface area contributed by atoms with Gasteiger partial charge < -0.3 is 10.6 Å². The van der Waals surface area contributed by atoms with E-state index in [1.165, 1.54) is 17.7 Å². The summed E-state index contributed by atoms with van der Waals surface area (Å²) in [7, 11) is 0. The highest BCUT2D eigenvalue weighted by Gasteiger charge is 2.25. The SMILES string of the molecule is Cc1nc(N2CCCC2CN)sc1C. The number of anilines is 1. The number of hydrogen-bond donors (Lipinski definition) is 1. The van der Waals surface area contributed by atoms with Gasteiger partial charge in [0.1, 0.15) is 0 Å². The molecule has 0 radical (unpaired) electrons. The van der Waals surface area contributed by atoms with Crippen LogP contribution in [0.4, 0.5) is 5.13 Å². The summed E-state index contributed by atoms with van der Waals surface area (Å²) in [6, 6.07) is 0.514. The van der Waals surface area contributed by atoms with Crippen molar-refractivity contribution < 1.29 is 0 Å². The minimum atomic E-state index is 0.514. The molecule has 1 aliphatic heterocycles. The third-order valence-electron chi connectivity index (χ3n) is 2.91. The summed E-state index contributed by atoms with van der Waals surface area (Å²) in [6.45, 7) is 6.07. The Labute approximate surface area is 88.9 Å². The molecule has 0 spiro atoms. The van der Waals surface area contributed by atoms with Crippen molar-refractivity contribution in [2.45, 2.75) is 32.7 Å². The Morgan fingerprint density at radius 2 is 2.36 bits per heavy atom. The first-order chi connectivity index (χ1) is 6.72. The molecule has 0 amide bonds. The highest BCUT2D eigenvalue weighted by molar-refractivity contribution is 7.15. The van der Waals surface area contributed by atoms with Gasteiger partial charge in [0.15, 0.2) is 5.13 Å². The zero-order valence-corrected chi connectivity index (χ0v) is 9.60. The summed E-state index contributed by atoms with van der Waals surface area (Å²) >= 11 is 1.79. The standard InChI is InChI=1S/C10H17N3S/c1-7-8(2)14-10(12-7)13-5-3-4-9(13)6-11/h9H,3-6,11H2,1-2H3. The van der Waals surface area contributed by atoms with E-state index in [1.54, 1.807) is 11.3 Å². The van der Waals surface area contributed by atoms with E-state index in [4.69, 9.17) is 5.73 Å². The van der Waals surface area contributed by atoms with Crippen molar-refractivity contribution >= 4 is 16.5 Å². The molecule has 1 aliphatic rings. The number of nitrogens with zero attached hydrogens (tertiary/aromatic N) is 2. The quantitative estimate of drug-likeness (QED) is 0.809. The number of hydrogen-bond acceptors (Lipinski definition) is 4. The van der Waals surface area contributed by atoms with Crippen molar-refractivity contribution in [1.29, 1.82) is 0 Å². The monoisotopic (exact) mass is 211 g/mol. The number of thiazole rings is 1. The summed E-state index contributed by atoms with van der Waals surface area (Å²) in [5.41, 5.74) is 6.90. The van der Waals surface area contributed by atoms with Gasteiger partial charge in [0, 0.05) is 24.0 Å². The molecular weight excluding hydrogens is 194 g/mol. The van der Waals surface area contributed by atoms with Crippen LogP contribution in [0.5, 0.6) is 0 Å². The van der Waals surface area contributed by atoms with E-state index < -0.39 is 0 Å². The Hall–Kier alpha value is -0.610. The lowest BCUT2D eigenvalue weighted by molar-refractivity contribution is 0.675. The van der Waals surface area contributed by atoms with Crippen molar-refractivity contribution in [3.05, 3.63) is 10.6 Å². The minimum absolute atomic E-state index is 0.514. The normalized spacial score (nSPS) is 21.9. The van der Waals surface area contributed by atoms with Crippen LogP contribution in [0.2, 0.25) is 0 Å². The Kier molecular flexibility index (Phi) is 2.74. The van der Waals surface area contributed by atoms with Gasteiger partial charge in [-0.15, -0.1) is 11.3 Å². The molecule has 0 aromatic carbocycles. The van der Waals surface area contributed by atoms with E-state index in [2.05, 4.69) is 23.7 Å². The van der Waals surface area contributed by atoms with Gasteiger partial charge in [-0.3, -0.25) is 0 Å². The third kappa shape index (κ3) is 1.64. The van der Waals surface area contributed by atoms with Crippen LogP contribution in [0, 0.1) is 13.8 Å². The molecule has 1 fully saturated rings. The molecule has 1 saturated heterocycles. The average molecular weight is 211 g/mol. The molecule has 3 nitrogen and oxygen atoms in total. The van der Waals surface area contributed by atoms with Gasteiger partial charge >= 0.3 is 0 Å². The zero-order chi connectivity index (χ0) is 10.1. The van der Waals surface area contributed by atoms with E-state index in [1.807, 2.05) is 0 Å². The number of rotatable bonds is 2. The molecule has 1 unspecified atom stereocenters. The summed E-state index contributed by atoms with van der Waals surface area (Å²) in [4.78, 5) is 8.27. The van der Waals surface area contributed by atoms with Crippen LogP contribution in [-0.4, -0.2) is 24.1 Å². The molecule has 0 bridgehead atoms. The maximum Gasteiger partial charge on any atom is 0.186 e. The Bertz CT molecular complexity index is 302. The number of nitrogens with two attached hydrogens (primary N) is 1. The first kappa shape index (κ1) is 9.93. The van der Waals surface area contributed by atoms with Crippen molar-refractivity contribution in [3.63, 3.8) is 0 Å². The number of aryl methyl sites for hydroxylation is 2. The van der Waals surface area contributed by atoms with Crippen LogP contribution in [-0.2, 0) is 0 Å². The first-order valence-electron chi connectivity index (χ1n) is 5.13. The molecule has 1 aromatic heterocycles. The molecule has 0 aliphatic carbocycles. The van der Waals surface area contributed by atoms with Gasteiger partial charge in [-0.05, 0) is 26.7 Å². The Morgan fingerprint density at radius 1 is 1.57 bits per heavy atom. The topological polar surface area (TPSA) is 42.2 Å². The molecular formula is C10H17N3S. The van der Waals surface area contributed by atoms with Crippen LogP contribution in [0.1, 0.15) is 23.4 Å². The smallest absolute Gasteiger partial charge is 0.186 e. The van der Waals surface area contributed by atoms with E-state index in [9.17, 15) is 0 Å². The van der Waals surface area contributed by atoms with Crippen LogP contribution in [0.25, 0.3) is 0 Å². The van der Waals surface area contributed by atoms with Crippen LogP contribution in [0.15, 0.2) is 0 Å². The lowest BCUT2D eigenvalue weighted by Gasteiger charge is -2.22. The van der Waals surface area contributed by atoms with Crippen molar-refractivity contribution in [1.82, 2.24) is 4.98 Å². The average Bonchev–Trinajstić information content (AvgIpc) is 2.73. The highest BCUT2D eigenvalue weighted by Crippen LogP contribution is 2.30. The molecule has 0 saturated carbocycles. The van der Waals surface area contributed by atoms with Gasteiger partial charge in [-0.1, -0.05) is 0 Å². The van der Waals surface area contributed by atoms with Crippen molar-refractivity contribution in [2.75, 3.05) is 18.0 Å². The zero-order valence-electron chi connectivity index (χ0n) is 8.79. The first-order valence-corrected chi connectivity index (χ1v) is 5.94. The molecule has 2 rings (SSSR count). The van der Waals surface area contributed by atoms with E-state index in [-0.39, 0.29) is 0 Å². The van der Waals surface area contributed by atoms with Crippen LogP contribution < -0.4 is 10.6 Å². The second kappa shape index (κ2) is 3.87. The van der Waals surface area contributed by atoms with E-state index in [0.717, 1.165) is 23.9 Å². The van der Waals surface area contributed by atoms with E-state index >= 15 is 0 Å². The van der Waals surface area contributed by atoms with Gasteiger partial charge in [0.05, 0.1) is 5.69 Å². The van der Waals surface area contributed by atoms with Gasteiger partial charge in [0.25, 0.3) is 0 Å². The van der Waals surface area contributed by atoms with Gasteiger partial charge in [-0.25, -0.2) is 4.98 Å². The molecule has 1 aromatic rings. The van der Waals surface area contributed by atoms with Crippen LogP contribution in [0.3, 0.4) is 0 Å². The molecule has 4 heteroatoms. The highest BCUT2D eigenvalue weighted by atomic mass is 32.1. The summed E-state index contributed by atoms with van der Waals surface area (Å²) in [5, 5.41) is 1.16. The fourth-order valence-electron chi connectivity index (χ4n) is 1.91. The summed E-state index contributed by atoms with van der Waals surface area (Å²) in [6.07, 6.45) is 2.47. The second-order valence-corrected chi connectivity index (χ2v) is 5.04. The van der Waals surface area contributed by atoms with Crippen molar-refractivity contribution in [2.24, 2.45) is 5.73 Å². The predicted molar refractivity (Wildman–Crippen MR) is 61.0 cm³/mol. The molecule has 1 atom stereocenters. The molecule has 2 N–H and O–H groups in total. The third-order valence-corrected chi connectivity index (χ3v) is 4.02. The number of aromatic nitrogens is 1. The van der Waals surface area contributed by atoms with Gasteiger partial charge in [0.2, 0.25) is 0 Å². The largest absolute Gasteiger partial charge is 0.344 e. The van der Waals surface area contributed by atoms with Gasteiger partial charge in [-0.2, -0.15) is 0 Å². The minimum Gasteiger partial charge on any atom is -0.344 e. The molecule has 14 heavy (non-hydrogen) atoms. The lowest BCUT2D eigenvalue weighted by atomic mass is 10.2. The maximum absolute atomic E-state index is 5.74. The summed E-state index contributed by atoms with van der Waals surface area (Å²) in [5.74, 6) is 0. The second-order valence-electron chi connectivity index (χ2n) is 3.86. The fourth-order valence-corrected chi connectivity index (χ4v) is 2.92.